The van der Waals surface area contributed by atoms with Crippen molar-refractivity contribution >= 4 is 35.5 Å². The third kappa shape index (κ3) is 3.08. The fourth-order valence-corrected chi connectivity index (χ4v) is 4.95. The van der Waals surface area contributed by atoms with Gasteiger partial charge in [-0.15, -0.1) is 0 Å². The molecule has 0 amide bonds. The third-order valence-electron chi connectivity index (χ3n) is 3.57. The van der Waals surface area contributed by atoms with Gasteiger partial charge in [0.05, 0.1) is 0 Å². The monoisotopic (exact) mass is 368 g/mol. The van der Waals surface area contributed by atoms with Crippen LogP contribution >= 0.6 is 0 Å². The Kier molecular flexibility index (Phi) is 4.63. The normalized spacial score (nSPS) is 11.2. The maximum atomic E-state index is 10.5. The van der Waals surface area contributed by atoms with Gasteiger partial charge in [-0.05, 0) is 0 Å². The zero-order chi connectivity index (χ0) is 16.2. The number of rotatable bonds is 5. The van der Waals surface area contributed by atoms with Gasteiger partial charge in [-0.25, -0.2) is 0 Å². The SMILES string of the molecule is C=CCc1c(O)c(OC)cc2ncnc([AsH]c3ccccc3)c12. The first-order valence-electron chi connectivity index (χ1n) is 7.21. The molecule has 1 unspecified atom stereocenters. The number of phenolic OH excluding ortho intramolecular Hbond substituents is 1. The van der Waals surface area contributed by atoms with Crippen molar-refractivity contribution in [3.63, 3.8) is 0 Å². The summed E-state index contributed by atoms with van der Waals surface area (Å²) in [6.07, 6.45) is 3.90. The van der Waals surface area contributed by atoms with Gasteiger partial charge in [0.2, 0.25) is 0 Å². The molecule has 3 rings (SSSR count). The average Bonchev–Trinajstić information content (AvgIpc) is 2.58. The van der Waals surface area contributed by atoms with Crippen molar-refractivity contribution in [1.29, 1.82) is 0 Å². The minimum atomic E-state index is -0.622. The number of methoxy groups -OCH3 is 1. The molecule has 1 atom stereocenters. The molecule has 2 aromatic carbocycles. The third-order valence-corrected chi connectivity index (χ3v) is 6.17. The molecule has 0 bridgehead atoms. The van der Waals surface area contributed by atoms with Crippen molar-refractivity contribution in [2.24, 2.45) is 0 Å². The van der Waals surface area contributed by atoms with E-state index in [-0.39, 0.29) is 5.75 Å². The molecule has 0 saturated heterocycles. The molecule has 23 heavy (non-hydrogen) atoms. The molecule has 1 heterocycles. The van der Waals surface area contributed by atoms with Gasteiger partial charge in [-0.1, -0.05) is 0 Å². The number of hydrogen-bond donors (Lipinski definition) is 1. The summed E-state index contributed by atoms with van der Waals surface area (Å²) in [4.78, 5) is 8.86. The van der Waals surface area contributed by atoms with E-state index in [0.29, 0.717) is 12.2 Å². The molecule has 116 valence electrons. The zero-order valence-electron chi connectivity index (χ0n) is 12.8. The maximum absolute atomic E-state index is 10.5. The van der Waals surface area contributed by atoms with E-state index in [4.69, 9.17) is 4.74 Å². The number of ether oxygens (including phenoxy) is 1. The standard InChI is InChI=1S/C18H17AsN2O2/c1-3-7-13-16-14(10-15(23-2)17(13)22)20-11-21-18(16)19-12-8-5-4-6-9-12/h3-6,8-11,19,22H,1,7H2,2H3. The number of nitrogens with zero attached hydrogens (tertiary/aromatic N) is 2. The fraction of sp³-hybridized carbons (Fsp3) is 0.111. The molecule has 1 N–H and O–H groups in total. The zero-order valence-corrected chi connectivity index (χ0v) is 14.9. The molecule has 0 spiro atoms. The van der Waals surface area contributed by atoms with Crippen molar-refractivity contribution in [2.45, 2.75) is 6.42 Å². The summed E-state index contributed by atoms with van der Waals surface area (Å²) >= 11 is -0.622. The second-order valence-electron chi connectivity index (χ2n) is 5.01. The van der Waals surface area contributed by atoms with Crippen molar-refractivity contribution in [2.75, 3.05) is 7.11 Å². The van der Waals surface area contributed by atoms with Crippen LogP contribution in [-0.2, 0) is 6.42 Å². The number of benzene rings is 2. The molecule has 0 aliphatic rings. The van der Waals surface area contributed by atoms with E-state index in [0.717, 1.165) is 20.9 Å². The second-order valence-corrected chi connectivity index (χ2v) is 7.74. The van der Waals surface area contributed by atoms with Crippen LogP contribution in [0.25, 0.3) is 10.9 Å². The van der Waals surface area contributed by atoms with E-state index in [1.807, 2.05) is 18.2 Å². The molecular weight excluding hydrogens is 351 g/mol. The molecule has 0 saturated carbocycles. The van der Waals surface area contributed by atoms with Crippen LogP contribution in [0, 0.1) is 0 Å². The summed E-state index contributed by atoms with van der Waals surface area (Å²) in [5.41, 5.74) is 1.57. The van der Waals surface area contributed by atoms with Crippen LogP contribution < -0.4 is 13.6 Å². The molecule has 0 aliphatic carbocycles. The van der Waals surface area contributed by atoms with Crippen LogP contribution in [0.1, 0.15) is 5.56 Å². The molecule has 0 aliphatic heterocycles. The Morgan fingerprint density at radius 3 is 2.74 bits per heavy atom. The Balaban J connectivity index is 2.22. The molecule has 1 aromatic heterocycles. The van der Waals surface area contributed by atoms with E-state index in [1.165, 1.54) is 4.35 Å². The minimum absolute atomic E-state index is 0.149. The van der Waals surface area contributed by atoms with Gasteiger partial charge in [0.25, 0.3) is 0 Å². The summed E-state index contributed by atoms with van der Waals surface area (Å²) < 4.78 is 7.56. The summed E-state index contributed by atoms with van der Waals surface area (Å²) in [6, 6.07) is 12.1. The van der Waals surface area contributed by atoms with Crippen LogP contribution in [0.4, 0.5) is 0 Å². The van der Waals surface area contributed by atoms with Gasteiger partial charge >= 0.3 is 141 Å². The van der Waals surface area contributed by atoms with Gasteiger partial charge in [-0.3, -0.25) is 0 Å². The van der Waals surface area contributed by atoms with E-state index in [9.17, 15) is 5.11 Å². The van der Waals surface area contributed by atoms with Gasteiger partial charge in [0, 0.05) is 0 Å². The summed E-state index contributed by atoms with van der Waals surface area (Å²) in [5.74, 6) is 0.578. The van der Waals surface area contributed by atoms with Crippen molar-refractivity contribution in [3.05, 3.63) is 60.9 Å². The Bertz CT molecular complexity index is 851. The van der Waals surface area contributed by atoms with E-state index in [2.05, 4.69) is 28.7 Å². The van der Waals surface area contributed by atoms with Crippen molar-refractivity contribution in [3.8, 4) is 11.5 Å². The average molecular weight is 368 g/mol. The number of hydrogen-bond acceptors (Lipinski definition) is 4. The van der Waals surface area contributed by atoms with Gasteiger partial charge in [0.15, 0.2) is 0 Å². The van der Waals surface area contributed by atoms with Gasteiger partial charge in [-0.2, -0.15) is 0 Å². The van der Waals surface area contributed by atoms with Crippen LogP contribution in [-0.4, -0.2) is 37.9 Å². The first-order chi connectivity index (χ1) is 11.2. The van der Waals surface area contributed by atoms with E-state index < -0.39 is 15.8 Å². The number of allylic oxidation sites excluding steroid dienone is 1. The predicted molar refractivity (Wildman–Crippen MR) is 94.5 cm³/mol. The van der Waals surface area contributed by atoms with E-state index in [1.54, 1.807) is 25.6 Å². The Labute approximate surface area is 141 Å². The first kappa shape index (κ1) is 15.6. The molecule has 3 aromatic rings. The number of aromatic hydroxyl groups is 1. The van der Waals surface area contributed by atoms with Crippen LogP contribution in [0.15, 0.2) is 55.4 Å². The van der Waals surface area contributed by atoms with Crippen LogP contribution in [0.2, 0.25) is 0 Å². The molecule has 4 nitrogen and oxygen atoms in total. The second kappa shape index (κ2) is 6.84. The quantitative estimate of drug-likeness (QED) is 0.547. The summed E-state index contributed by atoms with van der Waals surface area (Å²) in [6.45, 7) is 3.79. The fourth-order valence-electron chi connectivity index (χ4n) is 2.52. The Hall–Kier alpha value is -2.32. The van der Waals surface area contributed by atoms with Gasteiger partial charge in [0.1, 0.15) is 0 Å². The summed E-state index contributed by atoms with van der Waals surface area (Å²) in [7, 11) is 1.54. The van der Waals surface area contributed by atoms with Gasteiger partial charge < -0.3 is 0 Å². The number of aromatic nitrogens is 2. The predicted octanol–water partition coefficient (Wildman–Crippen LogP) is 1.46. The Morgan fingerprint density at radius 1 is 1.26 bits per heavy atom. The molecule has 0 radical (unpaired) electrons. The van der Waals surface area contributed by atoms with Crippen molar-refractivity contribution < 1.29 is 9.84 Å². The van der Waals surface area contributed by atoms with E-state index >= 15 is 0 Å². The van der Waals surface area contributed by atoms with Crippen LogP contribution in [0.5, 0.6) is 11.5 Å². The first-order valence-corrected chi connectivity index (χ1v) is 9.31. The Morgan fingerprint density at radius 2 is 2.04 bits per heavy atom. The van der Waals surface area contributed by atoms with Crippen molar-refractivity contribution in [1.82, 2.24) is 9.97 Å². The topological polar surface area (TPSA) is 55.2 Å². The number of phenols is 1. The molecule has 5 heteroatoms. The van der Waals surface area contributed by atoms with Crippen LogP contribution in [0.3, 0.4) is 0 Å². The molecule has 0 fully saturated rings. The number of fused-ring (bicyclic) bond motifs is 1. The summed E-state index contributed by atoms with van der Waals surface area (Å²) in [5, 5.41) is 11.4. The molecular formula is C18H17AsN2O2.